The number of hydrogen-bond donors (Lipinski definition) is 1. The monoisotopic (exact) mass is 271 g/mol. The van der Waals surface area contributed by atoms with Gasteiger partial charge in [0.2, 0.25) is 0 Å². The zero-order valence-electron chi connectivity index (χ0n) is 12.1. The molecular weight excluding hydrogens is 250 g/mol. The minimum absolute atomic E-state index is 0.286. The van der Waals surface area contributed by atoms with Crippen LogP contribution in [0, 0.1) is 0 Å². The Hall–Kier alpha value is -1.65. The van der Waals surface area contributed by atoms with Gasteiger partial charge in [0.05, 0.1) is 13.2 Å². The molecule has 2 aromatic rings. The highest BCUT2D eigenvalue weighted by molar-refractivity contribution is 5.35. The molecule has 1 aromatic heterocycles. The predicted molar refractivity (Wildman–Crippen MR) is 78.3 cm³/mol. The summed E-state index contributed by atoms with van der Waals surface area (Å²) in [6.07, 6.45) is 4.82. The van der Waals surface area contributed by atoms with Crippen molar-refractivity contribution in [1.82, 2.24) is 14.9 Å². The minimum Gasteiger partial charge on any atom is -0.372 e. The normalized spacial score (nSPS) is 15.3. The number of nitrogens with one attached hydrogen (secondary N) is 1. The Labute approximate surface area is 119 Å². The lowest BCUT2D eigenvalue weighted by Gasteiger charge is -2.18. The summed E-state index contributed by atoms with van der Waals surface area (Å²) in [5.41, 5.74) is 3.95. The summed E-state index contributed by atoms with van der Waals surface area (Å²) < 4.78 is 7.68. The smallest absolute Gasteiger partial charge is 0.110 e. The van der Waals surface area contributed by atoms with Crippen LogP contribution in [0.4, 0.5) is 0 Å². The Morgan fingerprint density at radius 1 is 1.35 bits per heavy atom. The predicted octanol–water partition coefficient (Wildman–Crippen LogP) is 2.44. The van der Waals surface area contributed by atoms with E-state index in [1.54, 1.807) is 0 Å². The summed E-state index contributed by atoms with van der Waals surface area (Å²) in [5, 5.41) is 3.40. The summed E-state index contributed by atoms with van der Waals surface area (Å²) in [7, 11) is 2.01. The molecule has 0 fully saturated rings. The molecule has 1 aromatic carbocycles. The van der Waals surface area contributed by atoms with Gasteiger partial charge in [-0.25, -0.2) is 4.98 Å². The lowest BCUT2D eigenvalue weighted by Crippen LogP contribution is -2.21. The van der Waals surface area contributed by atoms with Crippen molar-refractivity contribution >= 4 is 0 Å². The summed E-state index contributed by atoms with van der Waals surface area (Å²) in [4.78, 5) is 4.47. The molecule has 1 N–H and O–H groups in total. The van der Waals surface area contributed by atoms with Crippen molar-refractivity contribution in [2.45, 2.75) is 39.1 Å². The lowest BCUT2D eigenvalue weighted by atomic mass is 9.99. The molecule has 0 aliphatic carbocycles. The standard InChI is InChI=1S/C16H21N3O/c1-3-19-7-6-18-16(19)9-15(17-2)12-4-5-13-10-20-11-14(13)8-12/h4-8,15,17H,3,9-11H2,1-2H3. The number of ether oxygens (including phenoxy) is 1. The molecule has 0 saturated heterocycles. The second kappa shape index (κ2) is 5.77. The van der Waals surface area contributed by atoms with Crippen LogP contribution in [0.3, 0.4) is 0 Å². The number of nitrogens with zero attached hydrogens (tertiary/aromatic N) is 2. The van der Waals surface area contributed by atoms with E-state index in [9.17, 15) is 0 Å². The maximum Gasteiger partial charge on any atom is 0.110 e. The molecule has 20 heavy (non-hydrogen) atoms. The first-order chi connectivity index (χ1) is 9.81. The van der Waals surface area contributed by atoms with Crippen LogP contribution >= 0.6 is 0 Å². The first kappa shape index (κ1) is 13.3. The van der Waals surface area contributed by atoms with Gasteiger partial charge in [-0.3, -0.25) is 0 Å². The van der Waals surface area contributed by atoms with Gasteiger partial charge in [0, 0.05) is 31.4 Å². The van der Waals surface area contributed by atoms with Crippen LogP contribution in [0.15, 0.2) is 30.6 Å². The lowest BCUT2D eigenvalue weighted by molar-refractivity contribution is 0.134. The summed E-state index contributed by atoms with van der Waals surface area (Å²) in [5.74, 6) is 1.13. The van der Waals surface area contributed by atoms with Crippen LogP contribution in [0.25, 0.3) is 0 Å². The van der Waals surface area contributed by atoms with Crippen molar-refractivity contribution in [2.24, 2.45) is 0 Å². The highest BCUT2D eigenvalue weighted by atomic mass is 16.5. The Kier molecular flexibility index (Phi) is 3.85. The van der Waals surface area contributed by atoms with Crippen LogP contribution in [0.1, 0.15) is 35.5 Å². The fourth-order valence-electron chi connectivity index (χ4n) is 2.80. The molecule has 1 aliphatic rings. The topological polar surface area (TPSA) is 39.1 Å². The molecule has 1 atom stereocenters. The van der Waals surface area contributed by atoms with Crippen LogP contribution in [-0.2, 0) is 30.9 Å². The summed E-state index contributed by atoms with van der Waals surface area (Å²) in [6.45, 7) is 4.60. The maximum atomic E-state index is 5.49. The van der Waals surface area contributed by atoms with Gasteiger partial charge < -0.3 is 14.6 Å². The number of fused-ring (bicyclic) bond motifs is 1. The molecule has 1 unspecified atom stereocenters. The summed E-state index contributed by atoms with van der Waals surface area (Å²) >= 11 is 0. The van der Waals surface area contributed by atoms with Gasteiger partial charge in [0.15, 0.2) is 0 Å². The SMILES string of the molecule is CCn1ccnc1CC(NC)c1ccc2c(c1)COC2. The molecule has 0 saturated carbocycles. The molecule has 0 radical (unpaired) electrons. The molecule has 2 heterocycles. The van der Waals surface area contributed by atoms with Crippen LogP contribution < -0.4 is 5.32 Å². The highest BCUT2D eigenvalue weighted by Crippen LogP contribution is 2.25. The number of rotatable bonds is 5. The molecule has 3 rings (SSSR count). The van der Waals surface area contributed by atoms with E-state index in [1.165, 1.54) is 16.7 Å². The van der Waals surface area contributed by atoms with Gasteiger partial charge in [-0.2, -0.15) is 0 Å². The van der Waals surface area contributed by atoms with Crippen LogP contribution in [0.2, 0.25) is 0 Å². The van der Waals surface area contributed by atoms with E-state index in [1.807, 2.05) is 19.4 Å². The number of imidazole rings is 1. The Morgan fingerprint density at radius 2 is 2.20 bits per heavy atom. The first-order valence-electron chi connectivity index (χ1n) is 7.18. The van der Waals surface area contributed by atoms with Gasteiger partial charge in [-0.15, -0.1) is 0 Å². The third-order valence-corrected chi connectivity index (χ3v) is 4.03. The van der Waals surface area contributed by atoms with E-state index in [2.05, 4.69) is 40.0 Å². The maximum absolute atomic E-state index is 5.49. The van der Waals surface area contributed by atoms with Crippen molar-refractivity contribution < 1.29 is 4.74 Å². The Bertz CT molecular complexity index is 591. The molecule has 1 aliphatic heterocycles. The largest absolute Gasteiger partial charge is 0.372 e. The molecule has 0 spiro atoms. The quantitative estimate of drug-likeness (QED) is 0.908. The second-order valence-electron chi connectivity index (χ2n) is 5.20. The zero-order chi connectivity index (χ0) is 13.9. The van der Waals surface area contributed by atoms with E-state index >= 15 is 0 Å². The Balaban J connectivity index is 1.83. The second-order valence-corrected chi connectivity index (χ2v) is 5.20. The molecule has 4 heteroatoms. The van der Waals surface area contributed by atoms with Crippen LogP contribution in [0.5, 0.6) is 0 Å². The van der Waals surface area contributed by atoms with Gasteiger partial charge in [0.25, 0.3) is 0 Å². The number of benzene rings is 1. The summed E-state index contributed by atoms with van der Waals surface area (Å²) in [6, 6.07) is 6.94. The number of hydrogen-bond acceptors (Lipinski definition) is 3. The van der Waals surface area contributed by atoms with Crippen molar-refractivity contribution in [2.75, 3.05) is 7.05 Å². The number of likely N-dealkylation sites (N-methyl/N-ethyl adjacent to an activating group) is 1. The van der Waals surface area contributed by atoms with Crippen LogP contribution in [-0.4, -0.2) is 16.6 Å². The molecule has 106 valence electrons. The molecular formula is C16H21N3O. The van der Waals surface area contributed by atoms with E-state index in [4.69, 9.17) is 4.74 Å². The van der Waals surface area contributed by atoms with Crippen molar-refractivity contribution in [1.29, 1.82) is 0 Å². The van der Waals surface area contributed by atoms with Crippen molar-refractivity contribution in [3.05, 3.63) is 53.1 Å². The Morgan fingerprint density at radius 3 is 3.00 bits per heavy atom. The van der Waals surface area contributed by atoms with E-state index < -0.39 is 0 Å². The van der Waals surface area contributed by atoms with E-state index in [0.29, 0.717) is 0 Å². The fraction of sp³-hybridized carbons (Fsp3) is 0.438. The highest BCUT2D eigenvalue weighted by Gasteiger charge is 2.17. The van der Waals surface area contributed by atoms with E-state index in [-0.39, 0.29) is 6.04 Å². The molecule has 0 amide bonds. The van der Waals surface area contributed by atoms with E-state index in [0.717, 1.165) is 32.0 Å². The average molecular weight is 271 g/mol. The van der Waals surface area contributed by atoms with Gasteiger partial charge >= 0.3 is 0 Å². The number of aryl methyl sites for hydroxylation is 1. The third kappa shape index (κ3) is 2.49. The number of aromatic nitrogens is 2. The molecule has 4 nitrogen and oxygen atoms in total. The van der Waals surface area contributed by atoms with Crippen molar-refractivity contribution in [3.8, 4) is 0 Å². The average Bonchev–Trinajstić information content (AvgIpc) is 3.12. The fourth-order valence-corrected chi connectivity index (χ4v) is 2.80. The van der Waals surface area contributed by atoms with Gasteiger partial charge in [-0.1, -0.05) is 18.2 Å². The van der Waals surface area contributed by atoms with Gasteiger partial charge in [-0.05, 0) is 30.7 Å². The molecule has 0 bridgehead atoms. The third-order valence-electron chi connectivity index (χ3n) is 4.03. The van der Waals surface area contributed by atoms with Crippen molar-refractivity contribution in [3.63, 3.8) is 0 Å². The first-order valence-corrected chi connectivity index (χ1v) is 7.18. The zero-order valence-corrected chi connectivity index (χ0v) is 12.1. The van der Waals surface area contributed by atoms with Gasteiger partial charge in [0.1, 0.15) is 5.82 Å². The minimum atomic E-state index is 0.286.